The van der Waals surface area contributed by atoms with Crippen LogP contribution in [0, 0.1) is 12.7 Å². The lowest BCUT2D eigenvalue weighted by atomic mass is 10.1. The smallest absolute Gasteiger partial charge is 0.274 e. The number of hydrogen-bond acceptors (Lipinski definition) is 3. The van der Waals surface area contributed by atoms with Crippen molar-refractivity contribution in [3.8, 4) is 5.69 Å². The molecule has 1 aromatic heterocycles. The van der Waals surface area contributed by atoms with Crippen molar-refractivity contribution in [3.63, 3.8) is 0 Å². The van der Waals surface area contributed by atoms with Crippen LogP contribution in [0.25, 0.3) is 5.69 Å². The second kappa shape index (κ2) is 7.14. The number of nitrogens with one attached hydrogen (secondary N) is 1. The lowest BCUT2D eigenvalue weighted by Gasteiger charge is -2.13. The number of rotatable bonds is 4. The van der Waals surface area contributed by atoms with Crippen LogP contribution in [-0.4, -0.2) is 20.9 Å². The Morgan fingerprint density at radius 2 is 1.80 bits per heavy atom. The van der Waals surface area contributed by atoms with E-state index in [1.54, 1.807) is 23.7 Å². The van der Waals surface area contributed by atoms with E-state index in [2.05, 4.69) is 31.6 Å². The first-order valence-corrected chi connectivity index (χ1v) is 8.49. The molecule has 3 rings (SSSR count). The van der Waals surface area contributed by atoms with E-state index < -0.39 is 0 Å². The molecule has 128 valence electrons. The quantitative estimate of drug-likeness (QED) is 0.717. The van der Waals surface area contributed by atoms with Crippen LogP contribution in [0.5, 0.6) is 0 Å². The largest absolute Gasteiger partial charge is 0.344 e. The van der Waals surface area contributed by atoms with Crippen LogP contribution in [0.4, 0.5) is 4.39 Å². The van der Waals surface area contributed by atoms with E-state index in [1.807, 2.05) is 31.2 Å². The van der Waals surface area contributed by atoms with Crippen LogP contribution in [0.3, 0.4) is 0 Å². The van der Waals surface area contributed by atoms with Gasteiger partial charge in [0, 0.05) is 4.47 Å². The monoisotopic (exact) mass is 402 g/mol. The predicted octanol–water partition coefficient (Wildman–Crippen LogP) is 3.97. The first kappa shape index (κ1) is 17.3. The lowest BCUT2D eigenvalue weighted by Crippen LogP contribution is -2.27. The summed E-state index contributed by atoms with van der Waals surface area (Å²) in [6.07, 6.45) is 0. The summed E-state index contributed by atoms with van der Waals surface area (Å²) in [5.74, 6) is -0.631. The Bertz CT molecular complexity index is 890. The highest BCUT2D eigenvalue weighted by molar-refractivity contribution is 9.10. The van der Waals surface area contributed by atoms with Gasteiger partial charge in [0.25, 0.3) is 5.91 Å². The third-order valence-electron chi connectivity index (χ3n) is 3.90. The minimum atomic E-state index is -0.322. The van der Waals surface area contributed by atoms with Gasteiger partial charge >= 0.3 is 0 Å². The minimum Gasteiger partial charge on any atom is -0.344 e. The molecule has 1 N–H and O–H groups in total. The number of halogens is 2. The van der Waals surface area contributed by atoms with Gasteiger partial charge in [0.05, 0.1) is 17.4 Å². The fourth-order valence-electron chi connectivity index (χ4n) is 2.47. The van der Waals surface area contributed by atoms with Crippen molar-refractivity contribution in [3.05, 3.63) is 75.8 Å². The Morgan fingerprint density at radius 3 is 2.44 bits per heavy atom. The van der Waals surface area contributed by atoms with Crippen LogP contribution >= 0.6 is 15.9 Å². The van der Waals surface area contributed by atoms with Crippen LogP contribution in [0.1, 0.15) is 34.7 Å². The molecule has 0 fully saturated rings. The molecule has 25 heavy (non-hydrogen) atoms. The maximum atomic E-state index is 13.0. The standard InChI is InChI=1S/C18H16BrFN4O/c1-11(13-3-7-15(20)8-4-13)21-18(25)17-12(2)24(23-22-17)16-9-5-14(19)6-10-16/h3-11H,1-2H3,(H,21,25)/t11-/m1/s1. The van der Waals surface area contributed by atoms with E-state index in [4.69, 9.17) is 0 Å². The maximum Gasteiger partial charge on any atom is 0.274 e. The molecule has 1 atom stereocenters. The first-order chi connectivity index (χ1) is 12.0. The van der Waals surface area contributed by atoms with E-state index in [0.717, 1.165) is 15.7 Å². The van der Waals surface area contributed by atoms with Crippen LogP contribution in [0.2, 0.25) is 0 Å². The molecule has 0 radical (unpaired) electrons. The summed E-state index contributed by atoms with van der Waals surface area (Å²) in [6, 6.07) is 13.3. The molecule has 1 heterocycles. The zero-order valence-corrected chi connectivity index (χ0v) is 15.3. The minimum absolute atomic E-state index is 0.261. The first-order valence-electron chi connectivity index (χ1n) is 7.70. The summed E-state index contributed by atoms with van der Waals surface area (Å²) in [6.45, 7) is 3.62. The third kappa shape index (κ3) is 3.76. The molecule has 0 aliphatic carbocycles. The van der Waals surface area contributed by atoms with Gasteiger partial charge in [0.15, 0.2) is 5.69 Å². The van der Waals surface area contributed by atoms with E-state index in [-0.39, 0.29) is 23.5 Å². The van der Waals surface area contributed by atoms with E-state index in [0.29, 0.717) is 5.69 Å². The molecule has 0 saturated carbocycles. The van der Waals surface area contributed by atoms with Crippen molar-refractivity contribution in [2.45, 2.75) is 19.9 Å². The van der Waals surface area contributed by atoms with E-state index >= 15 is 0 Å². The van der Waals surface area contributed by atoms with Gasteiger partial charge in [0.2, 0.25) is 0 Å². The number of nitrogens with zero attached hydrogens (tertiary/aromatic N) is 3. The Labute approximate surface area is 153 Å². The average molecular weight is 403 g/mol. The number of carbonyl (C=O) groups is 1. The van der Waals surface area contributed by atoms with Gasteiger partial charge in [-0.2, -0.15) is 0 Å². The number of amides is 1. The molecule has 0 bridgehead atoms. The zero-order chi connectivity index (χ0) is 18.0. The van der Waals surface area contributed by atoms with Gasteiger partial charge in [-0.3, -0.25) is 4.79 Å². The summed E-state index contributed by atoms with van der Waals surface area (Å²) in [5.41, 5.74) is 2.54. The molecule has 3 aromatic rings. The van der Waals surface area contributed by atoms with Gasteiger partial charge in [-0.1, -0.05) is 33.3 Å². The molecule has 0 unspecified atom stereocenters. The van der Waals surface area contributed by atoms with Gasteiger partial charge in [-0.25, -0.2) is 9.07 Å². The van der Waals surface area contributed by atoms with Gasteiger partial charge in [0.1, 0.15) is 5.82 Å². The van der Waals surface area contributed by atoms with Crippen molar-refractivity contribution in [1.82, 2.24) is 20.3 Å². The van der Waals surface area contributed by atoms with Crippen LogP contribution in [-0.2, 0) is 0 Å². The molecule has 5 nitrogen and oxygen atoms in total. The van der Waals surface area contributed by atoms with Gasteiger partial charge in [-0.15, -0.1) is 5.10 Å². The van der Waals surface area contributed by atoms with Crippen molar-refractivity contribution in [2.24, 2.45) is 0 Å². The maximum absolute atomic E-state index is 13.0. The summed E-state index contributed by atoms with van der Waals surface area (Å²) in [5, 5.41) is 10.9. The summed E-state index contributed by atoms with van der Waals surface area (Å²) < 4.78 is 15.6. The second-order valence-corrected chi connectivity index (χ2v) is 6.57. The van der Waals surface area contributed by atoms with Crippen LogP contribution in [0.15, 0.2) is 53.0 Å². The Morgan fingerprint density at radius 1 is 1.16 bits per heavy atom. The number of aromatic nitrogens is 3. The molecule has 2 aromatic carbocycles. The molecule has 0 saturated heterocycles. The van der Waals surface area contributed by atoms with Gasteiger partial charge < -0.3 is 5.32 Å². The molecule has 0 aliphatic rings. The molecule has 1 amide bonds. The van der Waals surface area contributed by atoms with Crippen LogP contribution < -0.4 is 5.32 Å². The Balaban J connectivity index is 1.79. The summed E-state index contributed by atoms with van der Waals surface area (Å²) >= 11 is 3.39. The SMILES string of the molecule is Cc1c(C(=O)N[C@H](C)c2ccc(F)cc2)nnn1-c1ccc(Br)cc1. The fourth-order valence-corrected chi connectivity index (χ4v) is 2.73. The average Bonchev–Trinajstić information content (AvgIpc) is 2.98. The Hall–Kier alpha value is -2.54. The molecular weight excluding hydrogens is 387 g/mol. The normalized spacial score (nSPS) is 12.0. The predicted molar refractivity (Wildman–Crippen MR) is 96.1 cm³/mol. The fraction of sp³-hybridized carbons (Fsp3) is 0.167. The van der Waals surface area contributed by atoms with Crippen molar-refractivity contribution in [1.29, 1.82) is 0 Å². The molecule has 7 heteroatoms. The highest BCUT2D eigenvalue weighted by Gasteiger charge is 2.19. The van der Waals surface area contributed by atoms with Crippen molar-refractivity contribution >= 4 is 21.8 Å². The number of benzene rings is 2. The molecule has 0 aliphatic heterocycles. The second-order valence-electron chi connectivity index (χ2n) is 5.66. The topological polar surface area (TPSA) is 59.8 Å². The van der Waals surface area contributed by atoms with Crippen molar-refractivity contribution < 1.29 is 9.18 Å². The Kier molecular flexibility index (Phi) is 4.94. The summed E-state index contributed by atoms with van der Waals surface area (Å²) in [4.78, 5) is 12.5. The highest BCUT2D eigenvalue weighted by Crippen LogP contribution is 2.17. The van der Waals surface area contributed by atoms with Gasteiger partial charge in [-0.05, 0) is 55.8 Å². The zero-order valence-electron chi connectivity index (χ0n) is 13.7. The molecule has 0 spiro atoms. The summed E-state index contributed by atoms with van der Waals surface area (Å²) in [7, 11) is 0. The lowest BCUT2D eigenvalue weighted by molar-refractivity contribution is 0.0934. The van der Waals surface area contributed by atoms with E-state index in [9.17, 15) is 9.18 Å². The number of carbonyl (C=O) groups excluding carboxylic acids is 1. The number of hydrogen-bond donors (Lipinski definition) is 1. The van der Waals surface area contributed by atoms with E-state index in [1.165, 1.54) is 12.1 Å². The molecular formula is C18H16BrFN4O. The highest BCUT2D eigenvalue weighted by atomic mass is 79.9. The third-order valence-corrected chi connectivity index (χ3v) is 4.43. The van der Waals surface area contributed by atoms with Crippen molar-refractivity contribution in [2.75, 3.05) is 0 Å².